The number of hydrogen-bond acceptors (Lipinski definition) is 3. The first-order chi connectivity index (χ1) is 6.29. The zero-order valence-corrected chi connectivity index (χ0v) is 6.94. The number of benzene rings is 1. The van der Waals surface area contributed by atoms with Crippen LogP contribution in [0.4, 0.5) is 0 Å². The van der Waals surface area contributed by atoms with Gasteiger partial charge in [-0.1, -0.05) is 12.1 Å². The summed E-state index contributed by atoms with van der Waals surface area (Å²) in [7, 11) is 0. The average molecular weight is 175 g/mol. The molecule has 0 aliphatic rings. The predicted octanol–water partition coefficient (Wildman–Crippen LogP) is 1.88. The highest BCUT2D eigenvalue weighted by Gasteiger charge is 2.04. The van der Waals surface area contributed by atoms with Gasteiger partial charge in [0.15, 0.2) is 0 Å². The largest absolute Gasteiger partial charge is 0.516 e. The maximum atomic E-state index is 9.28. The fraction of sp³-hybridized carbons (Fsp3) is 0.100. The van der Waals surface area contributed by atoms with Gasteiger partial charge in [0.2, 0.25) is 0 Å². The minimum absolute atomic E-state index is 0.0219. The molecule has 0 bridgehead atoms. The molecule has 0 aromatic heterocycles. The van der Waals surface area contributed by atoms with Crippen molar-refractivity contribution < 1.29 is 10.2 Å². The molecule has 1 aromatic rings. The SMILES string of the molecule is N#Cc1c(O)cccc1CC=CO. The van der Waals surface area contributed by atoms with Gasteiger partial charge in [-0.15, -0.1) is 0 Å². The quantitative estimate of drug-likeness (QED) is 0.674. The van der Waals surface area contributed by atoms with E-state index in [0.29, 0.717) is 12.0 Å². The van der Waals surface area contributed by atoms with Crippen LogP contribution in [0.5, 0.6) is 5.75 Å². The van der Waals surface area contributed by atoms with Crippen molar-refractivity contribution in [2.45, 2.75) is 6.42 Å². The zero-order valence-electron chi connectivity index (χ0n) is 6.94. The van der Waals surface area contributed by atoms with Crippen molar-refractivity contribution in [1.29, 1.82) is 5.26 Å². The van der Waals surface area contributed by atoms with Crippen molar-refractivity contribution in [2.24, 2.45) is 0 Å². The number of phenols is 1. The number of nitriles is 1. The fourth-order valence-electron chi connectivity index (χ4n) is 1.07. The van der Waals surface area contributed by atoms with Crippen LogP contribution in [0.15, 0.2) is 30.5 Å². The van der Waals surface area contributed by atoms with Crippen LogP contribution in [0.2, 0.25) is 0 Å². The van der Waals surface area contributed by atoms with Gasteiger partial charge in [-0.3, -0.25) is 0 Å². The van der Waals surface area contributed by atoms with Crippen LogP contribution in [-0.4, -0.2) is 10.2 Å². The normalized spacial score (nSPS) is 10.1. The second-order valence-corrected chi connectivity index (χ2v) is 2.51. The molecule has 0 radical (unpaired) electrons. The molecule has 0 heterocycles. The molecule has 0 amide bonds. The van der Waals surface area contributed by atoms with Crippen molar-refractivity contribution in [3.63, 3.8) is 0 Å². The number of rotatable bonds is 2. The van der Waals surface area contributed by atoms with Gasteiger partial charge >= 0.3 is 0 Å². The Bertz CT molecular complexity index is 364. The zero-order chi connectivity index (χ0) is 9.68. The molecule has 0 saturated heterocycles. The first-order valence-electron chi connectivity index (χ1n) is 3.79. The molecule has 0 fully saturated rings. The molecule has 66 valence electrons. The summed E-state index contributed by atoms with van der Waals surface area (Å²) < 4.78 is 0. The van der Waals surface area contributed by atoms with Crippen molar-refractivity contribution in [1.82, 2.24) is 0 Å². The molecule has 1 aromatic carbocycles. The first kappa shape index (κ1) is 9.14. The molecule has 1 rings (SSSR count). The summed E-state index contributed by atoms with van der Waals surface area (Å²) in [6, 6.07) is 6.77. The van der Waals surface area contributed by atoms with Gasteiger partial charge in [-0.05, 0) is 24.1 Å². The van der Waals surface area contributed by atoms with Gasteiger partial charge in [-0.25, -0.2) is 0 Å². The summed E-state index contributed by atoms with van der Waals surface area (Å²) in [6.45, 7) is 0. The summed E-state index contributed by atoms with van der Waals surface area (Å²) in [4.78, 5) is 0. The van der Waals surface area contributed by atoms with E-state index >= 15 is 0 Å². The molecule has 0 saturated carbocycles. The Balaban J connectivity index is 3.07. The summed E-state index contributed by atoms with van der Waals surface area (Å²) in [5.74, 6) is -0.0219. The highest BCUT2D eigenvalue weighted by atomic mass is 16.3. The lowest BCUT2D eigenvalue weighted by Gasteiger charge is -2.01. The van der Waals surface area contributed by atoms with Gasteiger partial charge in [0.25, 0.3) is 0 Å². The Morgan fingerprint density at radius 3 is 2.85 bits per heavy atom. The second kappa shape index (κ2) is 4.17. The molecule has 0 spiro atoms. The molecular weight excluding hydrogens is 166 g/mol. The number of aliphatic hydroxyl groups excluding tert-OH is 1. The standard InChI is InChI=1S/C10H9NO2/c11-7-9-8(4-2-6-12)3-1-5-10(9)13/h1-3,5-6,12-13H,4H2. The summed E-state index contributed by atoms with van der Waals surface area (Å²) in [6.07, 6.45) is 2.87. The monoisotopic (exact) mass is 175 g/mol. The van der Waals surface area contributed by atoms with E-state index < -0.39 is 0 Å². The Morgan fingerprint density at radius 1 is 1.46 bits per heavy atom. The predicted molar refractivity (Wildman–Crippen MR) is 48.3 cm³/mol. The molecule has 13 heavy (non-hydrogen) atoms. The third kappa shape index (κ3) is 2.00. The van der Waals surface area contributed by atoms with E-state index in [4.69, 9.17) is 10.4 Å². The van der Waals surface area contributed by atoms with E-state index in [1.807, 2.05) is 6.07 Å². The van der Waals surface area contributed by atoms with Crippen LogP contribution in [0.25, 0.3) is 0 Å². The number of aromatic hydroxyl groups is 1. The van der Waals surface area contributed by atoms with Gasteiger partial charge in [0.1, 0.15) is 11.8 Å². The van der Waals surface area contributed by atoms with Crippen molar-refractivity contribution in [2.75, 3.05) is 0 Å². The van der Waals surface area contributed by atoms with Gasteiger partial charge in [0, 0.05) is 0 Å². The highest BCUT2D eigenvalue weighted by molar-refractivity contribution is 5.48. The maximum Gasteiger partial charge on any atom is 0.133 e. The minimum Gasteiger partial charge on any atom is -0.516 e. The van der Waals surface area contributed by atoms with E-state index in [1.54, 1.807) is 12.1 Å². The number of nitrogens with zero attached hydrogens (tertiary/aromatic N) is 1. The molecule has 0 aliphatic carbocycles. The number of aliphatic hydroxyl groups is 1. The second-order valence-electron chi connectivity index (χ2n) is 2.51. The number of phenolic OH excluding ortho intramolecular Hbond substituents is 1. The van der Waals surface area contributed by atoms with Crippen LogP contribution < -0.4 is 0 Å². The van der Waals surface area contributed by atoms with Crippen molar-refractivity contribution >= 4 is 0 Å². The Kier molecular flexibility index (Phi) is 2.93. The summed E-state index contributed by atoms with van der Waals surface area (Å²) >= 11 is 0. The lowest BCUT2D eigenvalue weighted by atomic mass is 10.0. The fourth-order valence-corrected chi connectivity index (χ4v) is 1.07. The van der Waals surface area contributed by atoms with E-state index in [2.05, 4.69) is 0 Å². The Morgan fingerprint density at radius 2 is 2.23 bits per heavy atom. The van der Waals surface area contributed by atoms with Crippen molar-refractivity contribution in [3.05, 3.63) is 41.7 Å². The van der Waals surface area contributed by atoms with Crippen LogP contribution >= 0.6 is 0 Å². The molecule has 0 atom stereocenters. The third-order valence-electron chi connectivity index (χ3n) is 1.68. The van der Waals surface area contributed by atoms with E-state index in [9.17, 15) is 5.11 Å². The average Bonchev–Trinajstić information content (AvgIpc) is 2.15. The minimum atomic E-state index is -0.0219. The molecule has 0 unspecified atom stereocenters. The number of allylic oxidation sites excluding steroid dienone is 1. The molecule has 3 heteroatoms. The smallest absolute Gasteiger partial charge is 0.133 e. The van der Waals surface area contributed by atoms with Crippen LogP contribution in [0, 0.1) is 11.3 Å². The summed E-state index contributed by atoms with van der Waals surface area (Å²) in [5.41, 5.74) is 0.966. The van der Waals surface area contributed by atoms with E-state index in [0.717, 1.165) is 6.26 Å². The van der Waals surface area contributed by atoms with E-state index in [1.165, 1.54) is 12.1 Å². The molecule has 0 aliphatic heterocycles. The first-order valence-corrected chi connectivity index (χ1v) is 3.79. The lowest BCUT2D eigenvalue weighted by Crippen LogP contribution is -1.88. The maximum absolute atomic E-state index is 9.28. The molecular formula is C10H9NO2. The van der Waals surface area contributed by atoms with Crippen molar-refractivity contribution in [3.8, 4) is 11.8 Å². The van der Waals surface area contributed by atoms with E-state index in [-0.39, 0.29) is 11.3 Å². The van der Waals surface area contributed by atoms with Crippen LogP contribution in [0.3, 0.4) is 0 Å². The van der Waals surface area contributed by atoms with Gasteiger partial charge in [-0.2, -0.15) is 5.26 Å². The van der Waals surface area contributed by atoms with Crippen LogP contribution in [-0.2, 0) is 6.42 Å². The lowest BCUT2D eigenvalue weighted by molar-refractivity contribution is 0.469. The Hall–Kier alpha value is -1.95. The Labute approximate surface area is 76.2 Å². The highest BCUT2D eigenvalue weighted by Crippen LogP contribution is 2.20. The molecule has 3 nitrogen and oxygen atoms in total. The number of hydrogen-bond donors (Lipinski definition) is 2. The summed E-state index contributed by atoms with van der Waals surface area (Å²) in [5, 5.41) is 26.4. The van der Waals surface area contributed by atoms with Crippen LogP contribution in [0.1, 0.15) is 11.1 Å². The van der Waals surface area contributed by atoms with Gasteiger partial charge in [0.05, 0.1) is 11.8 Å². The topological polar surface area (TPSA) is 64.2 Å². The third-order valence-corrected chi connectivity index (χ3v) is 1.68. The molecule has 2 N–H and O–H groups in total. The van der Waals surface area contributed by atoms with Gasteiger partial charge < -0.3 is 10.2 Å².